The van der Waals surface area contributed by atoms with Crippen LogP contribution < -0.4 is 5.32 Å². The molecular weight excluding hydrogens is 316 g/mol. The molecule has 1 aromatic heterocycles. The Morgan fingerprint density at radius 2 is 2.11 bits per heavy atom. The van der Waals surface area contributed by atoms with Crippen LogP contribution in [0.1, 0.15) is 10.4 Å². The fourth-order valence-electron chi connectivity index (χ4n) is 1.54. The molecule has 1 heterocycles. The summed E-state index contributed by atoms with van der Waals surface area (Å²) in [6, 6.07) is 11.4. The van der Waals surface area contributed by atoms with Crippen molar-refractivity contribution in [1.29, 1.82) is 0 Å². The molecule has 0 aliphatic heterocycles. The van der Waals surface area contributed by atoms with Gasteiger partial charge in [0, 0.05) is 28.5 Å². The fraction of sp³-hybridized carbons (Fsp3) is 0.167. The van der Waals surface area contributed by atoms with Crippen molar-refractivity contribution in [2.75, 3.05) is 0 Å². The monoisotopic (exact) mass is 326 g/mol. The van der Waals surface area contributed by atoms with E-state index in [9.17, 15) is 10.1 Å². The first-order chi connectivity index (χ1) is 8.65. The lowest BCUT2D eigenvalue weighted by atomic mass is 10.2. The summed E-state index contributed by atoms with van der Waals surface area (Å²) in [4.78, 5) is 11.1. The first-order valence-corrected chi connectivity index (χ1v) is 6.94. The highest BCUT2D eigenvalue weighted by molar-refractivity contribution is 9.10. The molecule has 94 valence electrons. The van der Waals surface area contributed by atoms with E-state index < -0.39 is 0 Å². The van der Waals surface area contributed by atoms with E-state index in [0.29, 0.717) is 6.54 Å². The Balaban J connectivity index is 1.86. The highest BCUT2D eigenvalue weighted by Gasteiger charge is 2.08. The van der Waals surface area contributed by atoms with Crippen LogP contribution in [0.3, 0.4) is 0 Å². The van der Waals surface area contributed by atoms with Crippen molar-refractivity contribution in [3.63, 3.8) is 0 Å². The summed E-state index contributed by atoms with van der Waals surface area (Å²) >= 11 is 4.63. The summed E-state index contributed by atoms with van der Waals surface area (Å²) in [5.41, 5.74) is 1.18. The van der Waals surface area contributed by atoms with Gasteiger partial charge in [0.1, 0.15) is 0 Å². The molecule has 2 rings (SSSR count). The number of benzene rings is 1. The largest absolute Gasteiger partial charge is 0.324 e. The van der Waals surface area contributed by atoms with E-state index in [1.54, 1.807) is 12.1 Å². The normalized spacial score (nSPS) is 10.5. The van der Waals surface area contributed by atoms with Gasteiger partial charge >= 0.3 is 5.00 Å². The zero-order chi connectivity index (χ0) is 13.0. The smallest absolute Gasteiger partial charge is 0.308 e. The molecule has 0 aliphatic rings. The van der Waals surface area contributed by atoms with Crippen molar-refractivity contribution in [3.8, 4) is 0 Å². The van der Waals surface area contributed by atoms with Gasteiger partial charge in [0.05, 0.1) is 4.92 Å². The average Bonchev–Trinajstić information content (AvgIpc) is 2.78. The Morgan fingerprint density at radius 3 is 2.78 bits per heavy atom. The average molecular weight is 327 g/mol. The fourth-order valence-corrected chi connectivity index (χ4v) is 2.77. The van der Waals surface area contributed by atoms with E-state index in [4.69, 9.17) is 0 Å². The van der Waals surface area contributed by atoms with E-state index in [-0.39, 0.29) is 9.92 Å². The number of hydrogen-bond acceptors (Lipinski definition) is 4. The standard InChI is InChI=1S/C12H11BrN2O2S/c13-10-3-1-2-9(6-10)7-14-8-11-4-5-12(18-11)15(16)17/h1-6,14H,7-8H2. The Morgan fingerprint density at radius 1 is 1.28 bits per heavy atom. The summed E-state index contributed by atoms with van der Waals surface area (Å²) in [6.07, 6.45) is 0. The molecule has 6 heteroatoms. The molecule has 0 saturated carbocycles. The van der Waals surface area contributed by atoms with Gasteiger partial charge in [-0.05, 0) is 23.8 Å². The van der Waals surface area contributed by atoms with Gasteiger partial charge in [-0.2, -0.15) is 0 Å². The molecule has 2 aromatic rings. The first kappa shape index (κ1) is 13.2. The van der Waals surface area contributed by atoms with Gasteiger partial charge in [-0.15, -0.1) is 0 Å². The summed E-state index contributed by atoms with van der Waals surface area (Å²) < 4.78 is 1.05. The van der Waals surface area contributed by atoms with Crippen molar-refractivity contribution in [2.24, 2.45) is 0 Å². The third-order valence-corrected chi connectivity index (χ3v) is 3.87. The minimum atomic E-state index is -0.359. The van der Waals surface area contributed by atoms with Crippen LogP contribution in [-0.2, 0) is 13.1 Å². The maximum atomic E-state index is 10.5. The molecule has 0 atom stereocenters. The maximum Gasteiger partial charge on any atom is 0.324 e. The summed E-state index contributed by atoms with van der Waals surface area (Å²) in [7, 11) is 0. The van der Waals surface area contributed by atoms with Crippen LogP contribution in [-0.4, -0.2) is 4.92 Å². The van der Waals surface area contributed by atoms with E-state index in [0.717, 1.165) is 15.9 Å². The Bertz CT molecular complexity index is 557. The van der Waals surface area contributed by atoms with Gasteiger partial charge in [0.2, 0.25) is 0 Å². The number of hydrogen-bond donors (Lipinski definition) is 1. The van der Waals surface area contributed by atoms with Crippen LogP contribution in [0, 0.1) is 10.1 Å². The first-order valence-electron chi connectivity index (χ1n) is 5.33. The Labute approximate surface area is 117 Å². The predicted molar refractivity (Wildman–Crippen MR) is 75.7 cm³/mol. The molecule has 0 amide bonds. The molecule has 0 bridgehead atoms. The van der Waals surface area contributed by atoms with Crippen molar-refractivity contribution in [2.45, 2.75) is 13.1 Å². The third kappa shape index (κ3) is 3.63. The van der Waals surface area contributed by atoms with E-state index in [1.807, 2.05) is 24.3 Å². The molecule has 0 aliphatic carbocycles. The van der Waals surface area contributed by atoms with E-state index >= 15 is 0 Å². The van der Waals surface area contributed by atoms with Crippen molar-refractivity contribution >= 4 is 32.3 Å². The lowest BCUT2D eigenvalue weighted by Crippen LogP contribution is -2.11. The lowest BCUT2D eigenvalue weighted by Gasteiger charge is -2.03. The van der Waals surface area contributed by atoms with Crippen molar-refractivity contribution in [3.05, 3.63) is 61.4 Å². The van der Waals surface area contributed by atoms with Gasteiger partial charge in [0.15, 0.2) is 0 Å². The number of nitro groups is 1. The topological polar surface area (TPSA) is 55.2 Å². The van der Waals surface area contributed by atoms with Gasteiger partial charge < -0.3 is 5.32 Å². The predicted octanol–water partition coefficient (Wildman–Crippen LogP) is 3.71. The minimum absolute atomic E-state index is 0.189. The molecule has 0 spiro atoms. The molecule has 0 unspecified atom stereocenters. The number of rotatable bonds is 5. The van der Waals surface area contributed by atoms with Crippen LogP contribution in [0.15, 0.2) is 40.9 Å². The lowest BCUT2D eigenvalue weighted by molar-refractivity contribution is -0.380. The minimum Gasteiger partial charge on any atom is -0.308 e. The molecule has 0 radical (unpaired) electrons. The number of thiophene rings is 1. The molecular formula is C12H11BrN2O2S. The molecule has 1 N–H and O–H groups in total. The van der Waals surface area contributed by atoms with Gasteiger partial charge in [-0.25, -0.2) is 0 Å². The highest BCUT2D eigenvalue weighted by Crippen LogP contribution is 2.23. The Kier molecular flexibility index (Phi) is 4.46. The third-order valence-electron chi connectivity index (χ3n) is 2.34. The number of nitrogens with one attached hydrogen (secondary N) is 1. The summed E-state index contributed by atoms with van der Waals surface area (Å²) in [6.45, 7) is 1.39. The number of nitrogens with zero attached hydrogens (tertiary/aromatic N) is 1. The highest BCUT2D eigenvalue weighted by atomic mass is 79.9. The van der Waals surface area contributed by atoms with Gasteiger partial charge in [-0.1, -0.05) is 39.4 Å². The van der Waals surface area contributed by atoms with E-state index in [2.05, 4.69) is 21.2 Å². The zero-order valence-corrected chi connectivity index (χ0v) is 11.8. The molecule has 0 saturated heterocycles. The molecule has 18 heavy (non-hydrogen) atoms. The SMILES string of the molecule is O=[N+]([O-])c1ccc(CNCc2cccc(Br)c2)s1. The summed E-state index contributed by atoms with van der Waals surface area (Å²) in [5.74, 6) is 0. The summed E-state index contributed by atoms with van der Waals surface area (Å²) in [5, 5.41) is 14.0. The van der Waals surface area contributed by atoms with Gasteiger partial charge in [0.25, 0.3) is 0 Å². The molecule has 4 nitrogen and oxygen atoms in total. The second-order valence-electron chi connectivity index (χ2n) is 3.73. The zero-order valence-electron chi connectivity index (χ0n) is 9.43. The Hall–Kier alpha value is -1.24. The van der Waals surface area contributed by atoms with Gasteiger partial charge in [-0.3, -0.25) is 10.1 Å². The van der Waals surface area contributed by atoms with Crippen molar-refractivity contribution < 1.29 is 4.92 Å². The number of halogens is 1. The second-order valence-corrected chi connectivity index (χ2v) is 5.79. The molecule has 0 fully saturated rings. The quantitative estimate of drug-likeness (QED) is 0.673. The van der Waals surface area contributed by atoms with Crippen LogP contribution in [0.25, 0.3) is 0 Å². The van der Waals surface area contributed by atoms with Crippen LogP contribution in [0.2, 0.25) is 0 Å². The van der Waals surface area contributed by atoms with Crippen LogP contribution >= 0.6 is 27.3 Å². The van der Waals surface area contributed by atoms with Crippen molar-refractivity contribution in [1.82, 2.24) is 5.32 Å². The van der Waals surface area contributed by atoms with E-state index in [1.165, 1.54) is 16.9 Å². The van der Waals surface area contributed by atoms with Crippen LogP contribution in [0.4, 0.5) is 5.00 Å². The molecule has 1 aromatic carbocycles. The second kappa shape index (κ2) is 6.08. The van der Waals surface area contributed by atoms with Crippen LogP contribution in [0.5, 0.6) is 0 Å². The maximum absolute atomic E-state index is 10.5.